The molecule has 2 aromatic rings. The first-order valence-electron chi connectivity index (χ1n) is 8.05. The second-order valence-corrected chi connectivity index (χ2v) is 8.83. The van der Waals surface area contributed by atoms with E-state index in [1.54, 1.807) is 42.8 Å². The van der Waals surface area contributed by atoms with Crippen LogP contribution in [0, 0.1) is 0 Å². The smallest absolute Gasteiger partial charge is 0.253 e. The van der Waals surface area contributed by atoms with Crippen LogP contribution in [-0.4, -0.2) is 45.4 Å². The van der Waals surface area contributed by atoms with Gasteiger partial charge in [0, 0.05) is 12.6 Å². The molecule has 1 aromatic carbocycles. The Balaban J connectivity index is 1.81. The molecule has 1 aromatic heterocycles. The number of thiophene rings is 1. The lowest BCUT2D eigenvalue weighted by molar-refractivity contribution is -0.119. The van der Waals surface area contributed by atoms with Crippen molar-refractivity contribution in [3.8, 4) is 11.5 Å². The molecule has 0 saturated carbocycles. The Morgan fingerprint density at radius 3 is 2.73 bits per heavy atom. The fraction of sp³-hybridized carbons (Fsp3) is 0.353. The molecule has 3 rings (SSSR count). The third-order valence-electron chi connectivity index (χ3n) is 4.23. The summed E-state index contributed by atoms with van der Waals surface area (Å²) in [4.78, 5) is 12.8. The van der Waals surface area contributed by atoms with Crippen LogP contribution in [0.15, 0.2) is 39.9 Å². The van der Waals surface area contributed by atoms with Crippen molar-refractivity contribution in [1.29, 1.82) is 0 Å². The molecule has 0 aliphatic carbocycles. The molecule has 1 aliphatic heterocycles. The largest absolute Gasteiger partial charge is 0.497 e. The van der Waals surface area contributed by atoms with Gasteiger partial charge in [0.1, 0.15) is 21.8 Å². The number of nitrogens with one attached hydrogen (secondary N) is 1. The number of methoxy groups -OCH3 is 2. The summed E-state index contributed by atoms with van der Waals surface area (Å²) in [6.07, 6.45) is 1.12. The minimum absolute atomic E-state index is 0.249. The van der Waals surface area contributed by atoms with Crippen LogP contribution in [0.25, 0.3) is 0 Å². The third-order valence-corrected chi connectivity index (χ3v) is 7.51. The van der Waals surface area contributed by atoms with Gasteiger partial charge in [-0.05, 0) is 36.4 Å². The van der Waals surface area contributed by atoms with Crippen molar-refractivity contribution in [3.63, 3.8) is 0 Å². The average molecular weight is 396 g/mol. The molecule has 0 radical (unpaired) electrons. The van der Waals surface area contributed by atoms with Crippen LogP contribution < -0.4 is 14.8 Å². The summed E-state index contributed by atoms with van der Waals surface area (Å²) in [5, 5.41) is 4.49. The Labute approximate surface area is 156 Å². The number of carbonyl (C=O) groups excluding carboxylic acids is 1. The first kappa shape index (κ1) is 18.7. The molecule has 9 heteroatoms. The Morgan fingerprint density at radius 2 is 2.08 bits per heavy atom. The number of hydrogen-bond donors (Lipinski definition) is 1. The van der Waals surface area contributed by atoms with Crippen molar-refractivity contribution < 1.29 is 22.7 Å². The molecular formula is C17H20N2O5S2. The quantitative estimate of drug-likeness (QED) is 0.811. The summed E-state index contributed by atoms with van der Waals surface area (Å²) in [6, 6.07) is 7.53. The highest BCUT2D eigenvalue weighted by Gasteiger charge is 2.40. The zero-order valence-corrected chi connectivity index (χ0v) is 16.1. The number of carbonyl (C=O) groups is 1. The first-order chi connectivity index (χ1) is 12.5. The Morgan fingerprint density at radius 1 is 1.27 bits per heavy atom. The van der Waals surface area contributed by atoms with Gasteiger partial charge in [-0.3, -0.25) is 4.79 Å². The highest BCUT2D eigenvalue weighted by atomic mass is 32.2. The fourth-order valence-corrected chi connectivity index (χ4v) is 5.71. The molecule has 1 atom stereocenters. The summed E-state index contributed by atoms with van der Waals surface area (Å²) in [7, 11) is -0.634. The van der Waals surface area contributed by atoms with Gasteiger partial charge in [-0.1, -0.05) is 6.07 Å². The highest BCUT2D eigenvalue weighted by Crippen LogP contribution is 2.32. The molecule has 2 heterocycles. The molecule has 1 fully saturated rings. The summed E-state index contributed by atoms with van der Waals surface area (Å²) in [5.74, 6) is 0.678. The lowest BCUT2D eigenvalue weighted by atomic mass is 10.2. The zero-order valence-electron chi connectivity index (χ0n) is 14.5. The van der Waals surface area contributed by atoms with Crippen molar-refractivity contribution >= 4 is 33.0 Å². The van der Waals surface area contributed by atoms with E-state index in [1.807, 2.05) is 0 Å². The summed E-state index contributed by atoms with van der Waals surface area (Å²) < 4.78 is 37.5. The number of hydrogen-bond acceptors (Lipinski definition) is 6. The summed E-state index contributed by atoms with van der Waals surface area (Å²) >= 11 is 1.15. The van der Waals surface area contributed by atoms with Crippen molar-refractivity contribution in [3.05, 3.63) is 35.7 Å². The molecule has 1 amide bonds. The van der Waals surface area contributed by atoms with Gasteiger partial charge in [0.25, 0.3) is 10.0 Å². The predicted molar refractivity (Wildman–Crippen MR) is 99.4 cm³/mol. The second-order valence-electron chi connectivity index (χ2n) is 5.76. The number of ether oxygens (including phenoxy) is 2. The van der Waals surface area contributed by atoms with Gasteiger partial charge in [-0.15, -0.1) is 11.3 Å². The number of benzene rings is 1. The molecule has 1 unspecified atom stereocenters. The molecule has 1 saturated heterocycles. The maximum atomic E-state index is 12.8. The van der Waals surface area contributed by atoms with Gasteiger partial charge in [0.15, 0.2) is 0 Å². The van der Waals surface area contributed by atoms with Crippen molar-refractivity contribution in [2.45, 2.75) is 23.1 Å². The van der Waals surface area contributed by atoms with E-state index in [0.717, 1.165) is 11.3 Å². The van der Waals surface area contributed by atoms with E-state index in [2.05, 4.69) is 5.32 Å². The molecule has 1 N–H and O–H groups in total. The van der Waals surface area contributed by atoms with Gasteiger partial charge in [0.2, 0.25) is 5.91 Å². The standard InChI is InChI=1S/C17H20N2O5S2/c1-23-12-7-8-13(15(11-12)24-2)18-17(20)14-5-3-9-19(14)26(21,22)16-6-4-10-25-16/h4,6-8,10-11,14H,3,5,9H2,1-2H3,(H,18,20). The highest BCUT2D eigenvalue weighted by molar-refractivity contribution is 7.91. The van der Waals surface area contributed by atoms with E-state index in [4.69, 9.17) is 9.47 Å². The minimum Gasteiger partial charge on any atom is -0.497 e. The second kappa shape index (κ2) is 7.65. The van der Waals surface area contributed by atoms with E-state index < -0.39 is 16.1 Å². The van der Waals surface area contributed by atoms with Gasteiger partial charge >= 0.3 is 0 Å². The Hall–Kier alpha value is -2.10. The molecule has 26 heavy (non-hydrogen) atoms. The average Bonchev–Trinajstić information content (AvgIpc) is 3.34. The third kappa shape index (κ3) is 3.55. The molecular weight excluding hydrogens is 376 g/mol. The van der Waals surface area contributed by atoms with E-state index in [9.17, 15) is 13.2 Å². The van der Waals surface area contributed by atoms with Crippen LogP contribution in [-0.2, 0) is 14.8 Å². The number of nitrogens with zero attached hydrogens (tertiary/aromatic N) is 1. The number of sulfonamides is 1. The molecule has 7 nitrogen and oxygen atoms in total. The van der Waals surface area contributed by atoms with Crippen molar-refractivity contribution in [2.75, 3.05) is 26.1 Å². The van der Waals surface area contributed by atoms with Gasteiger partial charge in [-0.25, -0.2) is 8.42 Å². The molecule has 1 aliphatic rings. The molecule has 0 spiro atoms. The van der Waals surface area contributed by atoms with Crippen molar-refractivity contribution in [1.82, 2.24) is 4.31 Å². The predicted octanol–water partition coefficient (Wildman–Crippen LogP) is 2.56. The fourth-order valence-electron chi connectivity index (χ4n) is 2.93. The minimum atomic E-state index is -3.67. The SMILES string of the molecule is COc1ccc(NC(=O)C2CCCN2S(=O)(=O)c2cccs2)c(OC)c1. The number of anilines is 1. The monoisotopic (exact) mass is 396 g/mol. The van der Waals surface area contributed by atoms with Crippen LogP contribution >= 0.6 is 11.3 Å². The van der Waals surface area contributed by atoms with Gasteiger partial charge in [-0.2, -0.15) is 4.31 Å². The van der Waals surface area contributed by atoms with Crippen LogP contribution in [0.5, 0.6) is 11.5 Å². The van der Waals surface area contributed by atoms with E-state index in [-0.39, 0.29) is 10.1 Å². The zero-order chi connectivity index (χ0) is 18.7. The van der Waals surface area contributed by atoms with E-state index >= 15 is 0 Å². The Bertz CT molecular complexity index is 881. The lowest BCUT2D eigenvalue weighted by Gasteiger charge is -2.23. The maximum Gasteiger partial charge on any atom is 0.253 e. The van der Waals surface area contributed by atoms with E-state index in [0.29, 0.717) is 36.6 Å². The van der Waals surface area contributed by atoms with E-state index in [1.165, 1.54) is 11.4 Å². The van der Waals surface area contributed by atoms with Gasteiger partial charge in [0.05, 0.1) is 19.9 Å². The van der Waals surface area contributed by atoms with Crippen LogP contribution in [0.3, 0.4) is 0 Å². The summed E-state index contributed by atoms with van der Waals surface area (Å²) in [6.45, 7) is 0.331. The van der Waals surface area contributed by atoms with Crippen molar-refractivity contribution in [2.24, 2.45) is 0 Å². The molecule has 140 valence electrons. The van der Waals surface area contributed by atoms with Crippen LogP contribution in [0.4, 0.5) is 5.69 Å². The normalized spacial score (nSPS) is 17.8. The lowest BCUT2D eigenvalue weighted by Crippen LogP contribution is -2.42. The Kier molecular flexibility index (Phi) is 5.49. The number of rotatable bonds is 6. The maximum absolute atomic E-state index is 12.8. The summed E-state index contributed by atoms with van der Waals surface area (Å²) in [5.41, 5.74) is 0.471. The van der Waals surface area contributed by atoms with Gasteiger partial charge < -0.3 is 14.8 Å². The van der Waals surface area contributed by atoms with Crippen LogP contribution in [0.1, 0.15) is 12.8 Å². The van der Waals surface area contributed by atoms with Crippen LogP contribution in [0.2, 0.25) is 0 Å². The number of amides is 1. The molecule has 0 bridgehead atoms. The topological polar surface area (TPSA) is 84.9 Å². The first-order valence-corrected chi connectivity index (χ1v) is 10.4.